The van der Waals surface area contributed by atoms with Gasteiger partial charge in [-0.3, -0.25) is 0 Å². The monoisotopic (exact) mass is 266 g/mol. The van der Waals surface area contributed by atoms with E-state index in [1.54, 1.807) is 0 Å². The predicted octanol–water partition coefficient (Wildman–Crippen LogP) is 2.65. The smallest absolute Gasteiger partial charge is 0.191 e. The van der Waals surface area contributed by atoms with E-state index in [2.05, 4.69) is 55.4 Å². The third kappa shape index (κ3) is 5.32. The van der Waals surface area contributed by atoms with Gasteiger partial charge in [-0.15, -0.1) is 0 Å². The molecular weight excluding hydrogens is 240 g/mol. The molecule has 1 aromatic rings. The number of nitrogens with one attached hydrogen (secondary N) is 2. The normalized spacial score (nSPS) is 13.7. The minimum absolute atomic E-state index is 0.382. The van der Waals surface area contributed by atoms with Crippen molar-refractivity contribution >= 4 is 5.96 Å². The minimum Gasteiger partial charge on any atom is -0.359 e. The van der Waals surface area contributed by atoms with Gasteiger partial charge in [0.2, 0.25) is 0 Å². The molecular formula is C14H26N4O. The molecule has 0 radical (unpaired) electrons. The van der Waals surface area contributed by atoms with Crippen molar-refractivity contribution in [3.05, 3.63) is 17.5 Å². The van der Waals surface area contributed by atoms with Crippen LogP contribution < -0.4 is 10.6 Å². The first-order chi connectivity index (χ1) is 9.06. The van der Waals surface area contributed by atoms with Gasteiger partial charge in [-0.2, -0.15) is 0 Å². The molecule has 0 fully saturated rings. The van der Waals surface area contributed by atoms with Crippen molar-refractivity contribution in [2.45, 2.75) is 59.5 Å². The molecule has 0 aromatic carbocycles. The standard InChI is InChI=1S/C14H26N4O/c1-6-11(5)17-14(15-7-2)16-9-12-8-13(10(3)4)18-19-12/h8,10-11H,6-7,9H2,1-5H3,(H2,15,16,17). The SMILES string of the molecule is CCNC(=NCc1cc(C(C)C)no1)NC(C)CC. The van der Waals surface area contributed by atoms with Gasteiger partial charge in [0.25, 0.3) is 0 Å². The molecule has 2 N–H and O–H groups in total. The van der Waals surface area contributed by atoms with Crippen molar-refractivity contribution < 1.29 is 4.52 Å². The highest BCUT2D eigenvalue weighted by molar-refractivity contribution is 5.79. The van der Waals surface area contributed by atoms with Crippen LogP contribution >= 0.6 is 0 Å². The third-order valence-electron chi connectivity index (χ3n) is 2.90. The van der Waals surface area contributed by atoms with Gasteiger partial charge >= 0.3 is 0 Å². The maximum atomic E-state index is 5.27. The Bertz CT molecular complexity index is 398. The Labute approximate surface area is 115 Å². The number of guanidine groups is 1. The molecule has 19 heavy (non-hydrogen) atoms. The fraction of sp³-hybridized carbons (Fsp3) is 0.714. The van der Waals surface area contributed by atoms with Crippen molar-refractivity contribution in [1.29, 1.82) is 0 Å². The van der Waals surface area contributed by atoms with Gasteiger partial charge in [0.15, 0.2) is 11.7 Å². The van der Waals surface area contributed by atoms with Crippen LogP contribution in [0.15, 0.2) is 15.6 Å². The van der Waals surface area contributed by atoms with E-state index in [9.17, 15) is 0 Å². The largest absolute Gasteiger partial charge is 0.359 e. The Hall–Kier alpha value is -1.52. The van der Waals surface area contributed by atoms with Crippen LogP contribution in [0, 0.1) is 0 Å². The molecule has 0 saturated carbocycles. The maximum absolute atomic E-state index is 5.27. The van der Waals surface area contributed by atoms with Crippen molar-refractivity contribution in [1.82, 2.24) is 15.8 Å². The number of aromatic nitrogens is 1. The number of aliphatic imine (C=N–C) groups is 1. The molecule has 0 aliphatic carbocycles. The summed E-state index contributed by atoms with van der Waals surface area (Å²) in [7, 11) is 0. The van der Waals surface area contributed by atoms with E-state index in [0.29, 0.717) is 18.5 Å². The second-order valence-electron chi connectivity index (χ2n) is 5.02. The fourth-order valence-corrected chi connectivity index (χ4v) is 1.49. The Morgan fingerprint density at radius 3 is 2.63 bits per heavy atom. The Morgan fingerprint density at radius 1 is 1.37 bits per heavy atom. The quantitative estimate of drug-likeness (QED) is 0.614. The van der Waals surface area contributed by atoms with Crippen LogP contribution in [0.25, 0.3) is 0 Å². The second kappa shape index (κ2) is 7.81. The van der Waals surface area contributed by atoms with E-state index in [-0.39, 0.29) is 0 Å². The predicted molar refractivity (Wildman–Crippen MR) is 78.3 cm³/mol. The van der Waals surface area contributed by atoms with E-state index < -0.39 is 0 Å². The van der Waals surface area contributed by atoms with Crippen molar-refractivity contribution in [2.24, 2.45) is 4.99 Å². The first kappa shape index (κ1) is 15.5. The summed E-state index contributed by atoms with van der Waals surface area (Å²) in [5.41, 5.74) is 0.977. The number of nitrogens with zero attached hydrogens (tertiary/aromatic N) is 2. The zero-order valence-corrected chi connectivity index (χ0v) is 12.7. The van der Waals surface area contributed by atoms with E-state index in [1.807, 2.05) is 6.07 Å². The van der Waals surface area contributed by atoms with E-state index in [4.69, 9.17) is 4.52 Å². The van der Waals surface area contributed by atoms with Gasteiger partial charge in [0.1, 0.15) is 6.54 Å². The van der Waals surface area contributed by atoms with Crippen molar-refractivity contribution in [2.75, 3.05) is 6.54 Å². The lowest BCUT2D eigenvalue weighted by Crippen LogP contribution is -2.41. The van der Waals surface area contributed by atoms with Crippen LogP contribution in [0.4, 0.5) is 0 Å². The van der Waals surface area contributed by atoms with Crippen LogP contribution in [0.2, 0.25) is 0 Å². The summed E-state index contributed by atoms with van der Waals surface area (Å²) in [4.78, 5) is 4.50. The molecule has 0 spiro atoms. The van der Waals surface area contributed by atoms with E-state index in [1.165, 1.54) is 0 Å². The Kier molecular flexibility index (Phi) is 6.39. The van der Waals surface area contributed by atoms with Crippen LogP contribution in [0.5, 0.6) is 0 Å². The number of hydrogen-bond donors (Lipinski definition) is 2. The summed E-state index contributed by atoms with van der Waals surface area (Å²) in [6.45, 7) is 11.9. The Morgan fingerprint density at radius 2 is 2.11 bits per heavy atom. The summed E-state index contributed by atoms with van der Waals surface area (Å²) < 4.78 is 5.27. The molecule has 1 atom stereocenters. The molecule has 108 valence electrons. The topological polar surface area (TPSA) is 62.5 Å². The Balaban J connectivity index is 2.62. The minimum atomic E-state index is 0.382. The lowest BCUT2D eigenvalue weighted by Gasteiger charge is -2.15. The summed E-state index contributed by atoms with van der Waals surface area (Å²) in [6.07, 6.45) is 1.06. The molecule has 0 saturated heterocycles. The van der Waals surface area contributed by atoms with Gasteiger partial charge < -0.3 is 15.2 Å². The van der Waals surface area contributed by atoms with E-state index in [0.717, 1.165) is 30.4 Å². The molecule has 5 heteroatoms. The van der Waals surface area contributed by atoms with Crippen molar-refractivity contribution in [3.8, 4) is 0 Å². The van der Waals surface area contributed by atoms with Crippen LogP contribution in [0.1, 0.15) is 58.4 Å². The lowest BCUT2D eigenvalue weighted by molar-refractivity contribution is 0.376. The molecule has 0 amide bonds. The molecule has 0 aliphatic heterocycles. The van der Waals surface area contributed by atoms with Gasteiger partial charge in [-0.1, -0.05) is 25.9 Å². The molecule has 0 aliphatic rings. The van der Waals surface area contributed by atoms with Gasteiger partial charge in [0, 0.05) is 18.7 Å². The first-order valence-electron chi connectivity index (χ1n) is 7.07. The third-order valence-corrected chi connectivity index (χ3v) is 2.90. The first-order valence-corrected chi connectivity index (χ1v) is 7.07. The molecule has 1 aromatic heterocycles. The zero-order valence-electron chi connectivity index (χ0n) is 12.7. The molecule has 1 rings (SSSR count). The highest BCUT2D eigenvalue weighted by atomic mass is 16.5. The highest BCUT2D eigenvalue weighted by Crippen LogP contribution is 2.14. The van der Waals surface area contributed by atoms with Gasteiger partial charge in [-0.25, -0.2) is 4.99 Å². The van der Waals surface area contributed by atoms with Gasteiger partial charge in [0.05, 0.1) is 5.69 Å². The highest BCUT2D eigenvalue weighted by Gasteiger charge is 2.08. The summed E-state index contributed by atoms with van der Waals surface area (Å²) in [5, 5.41) is 10.6. The van der Waals surface area contributed by atoms with Crippen LogP contribution in [-0.4, -0.2) is 23.7 Å². The summed E-state index contributed by atoms with van der Waals surface area (Å²) in [5.74, 6) is 2.00. The zero-order chi connectivity index (χ0) is 14.3. The average molecular weight is 266 g/mol. The van der Waals surface area contributed by atoms with Crippen molar-refractivity contribution in [3.63, 3.8) is 0 Å². The number of hydrogen-bond acceptors (Lipinski definition) is 3. The fourth-order valence-electron chi connectivity index (χ4n) is 1.49. The summed E-state index contributed by atoms with van der Waals surface area (Å²) >= 11 is 0. The van der Waals surface area contributed by atoms with Crippen LogP contribution in [0.3, 0.4) is 0 Å². The lowest BCUT2D eigenvalue weighted by atomic mass is 10.1. The van der Waals surface area contributed by atoms with Crippen LogP contribution in [-0.2, 0) is 6.54 Å². The molecule has 1 heterocycles. The van der Waals surface area contributed by atoms with E-state index >= 15 is 0 Å². The number of rotatable bonds is 6. The second-order valence-corrected chi connectivity index (χ2v) is 5.02. The summed E-state index contributed by atoms with van der Waals surface area (Å²) in [6, 6.07) is 2.37. The van der Waals surface area contributed by atoms with Gasteiger partial charge in [-0.05, 0) is 26.2 Å². The molecule has 5 nitrogen and oxygen atoms in total. The molecule has 0 bridgehead atoms. The molecule has 1 unspecified atom stereocenters. The maximum Gasteiger partial charge on any atom is 0.191 e. The average Bonchev–Trinajstić information content (AvgIpc) is 2.85.